The fraction of sp³-hybridized carbons (Fsp3) is 0.769. The number of rotatable bonds is 6. The lowest BCUT2D eigenvalue weighted by molar-refractivity contribution is -0.101. The third-order valence-corrected chi connectivity index (χ3v) is 3.89. The molecule has 4 nitrogen and oxygen atoms in total. The first-order valence-electron chi connectivity index (χ1n) is 6.57. The Hall–Kier alpha value is -0.870. The number of ether oxygens (including phenoxy) is 1. The van der Waals surface area contributed by atoms with E-state index >= 15 is 0 Å². The molecule has 0 bridgehead atoms. The predicted octanol–water partition coefficient (Wildman–Crippen LogP) is 2.12. The fourth-order valence-corrected chi connectivity index (χ4v) is 2.75. The zero-order valence-corrected chi connectivity index (χ0v) is 11.1. The molecule has 0 saturated heterocycles. The van der Waals surface area contributed by atoms with Crippen LogP contribution in [0.4, 0.5) is 0 Å². The maximum atomic E-state index is 5.81. The lowest BCUT2D eigenvalue weighted by Crippen LogP contribution is -2.51. The van der Waals surface area contributed by atoms with Gasteiger partial charge in [0, 0.05) is 19.9 Å². The van der Waals surface area contributed by atoms with Gasteiger partial charge >= 0.3 is 0 Å². The van der Waals surface area contributed by atoms with E-state index in [2.05, 4.69) is 35.0 Å². The summed E-state index contributed by atoms with van der Waals surface area (Å²) in [4.78, 5) is 0. The van der Waals surface area contributed by atoms with Crippen molar-refractivity contribution in [1.82, 2.24) is 15.1 Å². The first kappa shape index (κ1) is 12.6. The van der Waals surface area contributed by atoms with Gasteiger partial charge in [-0.25, -0.2) is 0 Å². The normalized spacial score (nSPS) is 19.9. The second kappa shape index (κ2) is 5.19. The van der Waals surface area contributed by atoms with Crippen molar-refractivity contribution in [1.29, 1.82) is 0 Å². The number of hydrogen-bond donors (Lipinski definition) is 1. The van der Waals surface area contributed by atoms with Crippen molar-refractivity contribution >= 4 is 0 Å². The highest BCUT2D eigenvalue weighted by molar-refractivity contribution is 5.16. The third kappa shape index (κ3) is 2.11. The minimum Gasteiger partial charge on any atom is -0.376 e. The summed E-state index contributed by atoms with van der Waals surface area (Å²) in [5, 5.41) is 7.93. The van der Waals surface area contributed by atoms with Crippen molar-refractivity contribution in [3.63, 3.8) is 0 Å². The van der Waals surface area contributed by atoms with Gasteiger partial charge in [-0.05, 0) is 38.8 Å². The molecule has 1 fully saturated rings. The monoisotopic (exact) mass is 237 g/mol. The Bertz CT molecular complexity index is 352. The Labute approximate surface area is 103 Å². The van der Waals surface area contributed by atoms with Gasteiger partial charge in [-0.1, -0.05) is 6.92 Å². The molecule has 17 heavy (non-hydrogen) atoms. The summed E-state index contributed by atoms with van der Waals surface area (Å²) in [6.07, 6.45) is 5.41. The molecule has 1 aromatic heterocycles. The summed E-state index contributed by atoms with van der Waals surface area (Å²) >= 11 is 0. The van der Waals surface area contributed by atoms with E-state index in [0.717, 1.165) is 25.9 Å². The van der Waals surface area contributed by atoms with Gasteiger partial charge in [-0.3, -0.25) is 4.68 Å². The average Bonchev–Trinajstić information content (AvgIpc) is 2.74. The maximum Gasteiger partial charge on any atom is 0.0887 e. The van der Waals surface area contributed by atoms with Crippen molar-refractivity contribution in [2.45, 2.75) is 51.3 Å². The summed E-state index contributed by atoms with van der Waals surface area (Å²) in [7, 11) is 1.83. The van der Waals surface area contributed by atoms with Crippen LogP contribution in [0.1, 0.15) is 44.8 Å². The summed E-state index contributed by atoms with van der Waals surface area (Å²) in [5.74, 6) is 0. The van der Waals surface area contributed by atoms with Crippen molar-refractivity contribution in [2.24, 2.45) is 0 Å². The molecular weight excluding hydrogens is 214 g/mol. The molecule has 1 heterocycles. The van der Waals surface area contributed by atoms with Crippen LogP contribution in [-0.2, 0) is 11.3 Å². The Morgan fingerprint density at radius 2 is 2.29 bits per heavy atom. The van der Waals surface area contributed by atoms with Crippen LogP contribution >= 0.6 is 0 Å². The van der Waals surface area contributed by atoms with Gasteiger partial charge in [-0.15, -0.1) is 0 Å². The summed E-state index contributed by atoms with van der Waals surface area (Å²) in [5.41, 5.74) is 1.22. The quantitative estimate of drug-likeness (QED) is 0.823. The summed E-state index contributed by atoms with van der Waals surface area (Å²) in [6.45, 7) is 6.12. The van der Waals surface area contributed by atoms with E-state index in [0.29, 0.717) is 0 Å². The van der Waals surface area contributed by atoms with Crippen molar-refractivity contribution in [3.8, 4) is 0 Å². The molecule has 1 aliphatic rings. The number of aromatic nitrogens is 2. The third-order valence-electron chi connectivity index (χ3n) is 3.89. The van der Waals surface area contributed by atoms with Crippen LogP contribution in [0.15, 0.2) is 12.3 Å². The molecule has 0 radical (unpaired) electrons. The van der Waals surface area contributed by atoms with Gasteiger partial charge < -0.3 is 10.1 Å². The Morgan fingerprint density at radius 3 is 2.76 bits per heavy atom. The highest BCUT2D eigenvalue weighted by atomic mass is 16.5. The number of likely N-dealkylation sites (N-methyl/N-ethyl adjacent to an activating group) is 1. The number of nitrogens with zero attached hydrogens (tertiary/aromatic N) is 2. The topological polar surface area (TPSA) is 39.1 Å². The highest BCUT2D eigenvalue weighted by Crippen LogP contribution is 2.44. The van der Waals surface area contributed by atoms with E-state index in [9.17, 15) is 0 Å². The lowest BCUT2D eigenvalue weighted by atomic mass is 9.73. The van der Waals surface area contributed by atoms with Gasteiger partial charge in [0.05, 0.1) is 17.3 Å². The zero-order valence-electron chi connectivity index (χ0n) is 11.1. The van der Waals surface area contributed by atoms with Crippen molar-refractivity contribution in [2.75, 3.05) is 13.7 Å². The fourth-order valence-electron chi connectivity index (χ4n) is 2.75. The molecule has 0 amide bonds. The minimum atomic E-state index is -0.0248. The van der Waals surface area contributed by atoms with E-state index in [1.165, 1.54) is 12.1 Å². The molecule has 0 aliphatic heterocycles. The largest absolute Gasteiger partial charge is 0.376 e. The number of aryl methyl sites for hydroxylation is 1. The van der Waals surface area contributed by atoms with Crippen LogP contribution < -0.4 is 5.32 Å². The van der Waals surface area contributed by atoms with E-state index in [-0.39, 0.29) is 11.6 Å². The van der Waals surface area contributed by atoms with Gasteiger partial charge in [0.1, 0.15) is 0 Å². The van der Waals surface area contributed by atoms with E-state index in [1.807, 2.05) is 13.3 Å². The maximum absolute atomic E-state index is 5.81. The first-order valence-corrected chi connectivity index (χ1v) is 6.57. The lowest BCUT2D eigenvalue weighted by Gasteiger charge is -2.46. The molecular formula is C13H23N3O. The number of hydrogen-bond acceptors (Lipinski definition) is 3. The van der Waals surface area contributed by atoms with E-state index in [4.69, 9.17) is 4.74 Å². The Balaban J connectivity index is 2.28. The molecule has 96 valence electrons. The van der Waals surface area contributed by atoms with Crippen molar-refractivity contribution in [3.05, 3.63) is 18.0 Å². The van der Waals surface area contributed by atoms with Crippen molar-refractivity contribution < 1.29 is 4.74 Å². The SMILES string of the molecule is CCNC(c1ccnn1CC)C1(OC)CCC1. The van der Waals surface area contributed by atoms with Crippen LogP contribution in [-0.4, -0.2) is 29.0 Å². The van der Waals surface area contributed by atoms with E-state index < -0.39 is 0 Å². The summed E-state index contributed by atoms with van der Waals surface area (Å²) in [6, 6.07) is 2.37. The molecule has 1 N–H and O–H groups in total. The van der Waals surface area contributed by atoms with Gasteiger partial charge in [0.15, 0.2) is 0 Å². The highest BCUT2D eigenvalue weighted by Gasteiger charge is 2.45. The van der Waals surface area contributed by atoms with Crippen LogP contribution in [0, 0.1) is 0 Å². The molecule has 4 heteroatoms. The van der Waals surface area contributed by atoms with Gasteiger partial charge in [0.25, 0.3) is 0 Å². The molecule has 1 aliphatic carbocycles. The molecule has 1 unspecified atom stereocenters. The second-order valence-corrected chi connectivity index (χ2v) is 4.68. The number of methoxy groups -OCH3 is 1. The second-order valence-electron chi connectivity index (χ2n) is 4.68. The standard InChI is InChI=1S/C13H23N3O/c1-4-14-12(13(17-3)8-6-9-13)11-7-10-15-16(11)5-2/h7,10,12,14H,4-6,8-9H2,1-3H3. The molecule has 0 spiro atoms. The van der Waals surface area contributed by atoms with Gasteiger partial charge in [0.2, 0.25) is 0 Å². The Morgan fingerprint density at radius 1 is 1.53 bits per heavy atom. The van der Waals surface area contributed by atoms with Crippen LogP contribution in [0.2, 0.25) is 0 Å². The number of nitrogens with one attached hydrogen (secondary N) is 1. The minimum absolute atomic E-state index is 0.0248. The molecule has 0 aromatic carbocycles. The summed E-state index contributed by atoms with van der Waals surface area (Å²) < 4.78 is 7.87. The van der Waals surface area contributed by atoms with Gasteiger partial charge in [-0.2, -0.15) is 5.10 Å². The van der Waals surface area contributed by atoms with E-state index in [1.54, 1.807) is 0 Å². The van der Waals surface area contributed by atoms with Crippen LogP contribution in [0.25, 0.3) is 0 Å². The molecule has 1 atom stereocenters. The smallest absolute Gasteiger partial charge is 0.0887 e. The molecule has 2 rings (SSSR count). The molecule has 1 aromatic rings. The van der Waals surface area contributed by atoms with Crippen LogP contribution in [0.5, 0.6) is 0 Å². The predicted molar refractivity (Wildman–Crippen MR) is 67.9 cm³/mol. The Kier molecular flexibility index (Phi) is 3.84. The first-order chi connectivity index (χ1) is 8.27. The molecule has 1 saturated carbocycles. The average molecular weight is 237 g/mol. The zero-order chi connectivity index (χ0) is 12.3. The van der Waals surface area contributed by atoms with Crippen LogP contribution in [0.3, 0.4) is 0 Å².